The molecule has 1 unspecified atom stereocenters. The average molecular weight is 350 g/mol. The lowest BCUT2D eigenvalue weighted by Crippen LogP contribution is -2.57. The summed E-state index contributed by atoms with van der Waals surface area (Å²) in [5, 5.41) is 3.16. The number of halogens is 2. The minimum absolute atomic E-state index is 0.00588. The van der Waals surface area contributed by atoms with Gasteiger partial charge in [0.2, 0.25) is 0 Å². The Kier molecular flexibility index (Phi) is 3.67. The predicted octanol–water partition coefficient (Wildman–Crippen LogP) is 2.99. The van der Waals surface area contributed by atoms with E-state index < -0.39 is 0 Å². The average Bonchev–Trinajstić information content (AvgIpc) is 2.71. The number of thiophene rings is 1. The van der Waals surface area contributed by atoms with Crippen LogP contribution in [0.3, 0.4) is 0 Å². The van der Waals surface area contributed by atoms with Crippen molar-refractivity contribution >= 4 is 44.8 Å². The lowest BCUT2D eigenvalue weighted by molar-refractivity contribution is 0.0622. The van der Waals surface area contributed by atoms with E-state index in [1.807, 2.05) is 0 Å². The second-order valence-corrected chi connectivity index (χ2v) is 7.46. The number of hydrogen-bond acceptors (Lipinski definition) is 3. The second-order valence-electron chi connectivity index (χ2n) is 4.95. The fourth-order valence-electron chi connectivity index (χ4n) is 2.83. The third-order valence-electron chi connectivity index (χ3n) is 3.84. The molecule has 1 amide bonds. The summed E-state index contributed by atoms with van der Waals surface area (Å²) in [4.78, 5) is 15.3. The highest BCUT2D eigenvalue weighted by Crippen LogP contribution is 2.32. The molecule has 4 rings (SSSR count). The van der Waals surface area contributed by atoms with Crippen molar-refractivity contribution in [3.8, 4) is 0 Å². The van der Waals surface area contributed by atoms with Crippen molar-refractivity contribution in [3.63, 3.8) is 0 Å². The van der Waals surface area contributed by atoms with E-state index in [0.29, 0.717) is 21.2 Å². The fourth-order valence-corrected chi connectivity index (χ4v) is 4.43. The quantitative estimate of drug-likeness (QED) is 0.890. The molecule has 0 aromatic carbocycles. The van der Waals surface area contributed by atoms with Gasteiger partial charge in [-0.05, 0) is 53.8 Å². The molecule has 4 heterocycles. The first-order valence-corrected chi connectivity index (χ1v) is 8.10. The van der Waals surface area contributed by atoms with Crippen molar-refractivity contribution in [1.29, 1.82) is 0 Å². The Hall–Kier alpha value is -0.100. The molecular weight excluding hydrogens is 336 g/mol. The molecule has 98 valence electrons. The molecule has 2 bridgehead atoms. The summed E-state index contributed by atoms with van der Waals surface area (Å²) >= 11 is 10.6. The van der Waals surface area contributed by atoms with Crippen LogP contribution < -0.4 is 5.32 Å². The van der Waals surface area contributed by atoms with Crippen LogP contribution in [0.1, 0.15) is 22.5 Å². The van der Waals surface area contributed by atoms with Crippen molar-refractivity contribution in [1.82, 2.24) is 10.2 Å². The van der Waals surface area contributed by atoms with Gasteiger partial charge in [-0.1, -0.05) is 11.6 Å². The molecule has 1 atom stereocenters. The first-order chi connectivity index (χ1) is 8.63. The van der Waals surface area contributed by atoms with E-state index in [2.05, 4.69) is 26.1 Å². The van der Waals surface area contributed by atoms with Crippen LogP contribution in [0.5, 0.6) is 0 Å². The largest absolute Gasteiger partial charge is 0.347 e. The maximum Gasteiger partial charge on any atom is 0.261 e. The van der Waals surface area contributed by atoms with Gasteiger partial charge in [-0.3, -0.25) is 4.79 Å². The van der Waals surface area contributed by atoms with Crippen molar-refractivity contribution < 1.29 is 4.79 Å². The number of amides is 1. The Balaban J connectivity index is 1.67. The lowest BCUT2D eigenvalue weighted by Gasteiger charge is -2.44. The Bertz CT molecular complexity index is 451. The summed E-state index contributed by atoms with van der Waals surface area (Å²) in [6.07, 6.45) is 2.42. The van der Waals surface area contributed by atoms with Gasteiger partial charge in [0.05, 0.1) is 4.88 Å². The number of carbonyl (C=O) groups is 1. The summed E-state index contributed by atoms with van der Waals surface area (Å²) in [5.74, 6) is 0.657. The summed E-state index contributed by atoms with van der Waals surface area (Å²) < 4.78 is 1.43. The topological polar surface area (TPSA) is 32.3 Å². The number of piperidine rings is 3. The van der Waals surface area contributed by atoms with E-state index in [9.17, 15) is 4.79 Å². The zero-order valence-corrected chi connectivity index (χ0v) is 12.9. The van der Waals surface area contributed by atoms with E-state index in [0.717, 1.165) is 11.0 Å². The number of fused-ring (bicyclic) bond motifs is 3. The van der Waals surface area contributed by atoms with Crippen LogP contribution in [-0.2, 0) is 0 Å². The smallest absolute Gasteiger partial charge is 0.261 e. The Labute approximate surface area is 124 Å². The van der Waals surface area contributed by atoms with Gasteiger partial charge in [0.25, 0.3) is 5.91 Å². The van der Waals surface area contributed by atoms with Gasteiger partial charge < -0.3 is 10.2 Å². The summed E-state index contributed by atoms with van der Waals surface area (Å²) in [6, 6.07) is 2.10. The molecule has 0 saturated carbocycles. The molecule has 0 spiro atoms. The molecule has 3 aliphatic rings. The van der Waals surface area contributed by atoms with Crippen LogP contribution in [-0.4, -0.2) is 36.5 Å². The van der Waals surface area contributed by atoms with Crippen LogP contribution in [0, 0.1) is 5.92 Å². The molecule has 3 aliphatic heterocycles. The number of rotatable bonds is 2. The number of carbonyl (C=O) groups excluding carboxylic acids is 1. The van der Waals surface area contributed by atoms with Gasteiger partial charge in [0.1, 0.15) is 4.34 Å². The van der Waals surface area contributed by atoms with Crippen molar-refractivity contribution in [2.24, 2.45) is 5.92 Å². The van der Waals surface area contributed by atoms with E-state index >= 15 is 0 Å². The van der Waals surface area contributed by atoms with E-state index in [-0.39, 0.29) is 5.91 Å². The lowest BCUT2D eigenvalue weighted by atomic mass is 9.84. The highest BCUT2D eigenvalue weighted by molar-refractivity contribution is 9.10. The Morgan fingerprint density at radius 1 is 1.50 bits per heavy atom. The molecule has 1 aromatic heterocycles. The highest BCUT2D eigenvalue weighted by atomic mass is 79.9. The Morgan fingerprint density at radius 2 is 2.22 bits per heavy atom. The van der Waals surface area contributed by atoms with Gasteiger partial charge in [0, 0.05) is 17.1 Å². The minimum Gasteiger partial charge on any atom is -0.347 e. The predicted molar refractivity (Wildman–Crippen MR) is 77.4 cm³/mol. The monoisotopic (exact) mass is 348 g/mol. The second kappa shape index (κ2) is 5.12. The van der Waals surface area contributed by atoms with Gasteiger partial charge in [0.15, 0.2) is 0 Å². The van der Waals surface area contributed by atoms with Gasteiger partial charge >= 0.3 is 0 Å². The first kappa shape index (κ1) is 12.9. The van der Waals surface area contributed by atoms with Crippen LogP contribution in [0.4, 0.5) is 0 Å². The van der Waals surface area contributed by atoms with Gasteiger partial charge in [-0.15, -0.1) is 11.3 Å². The minimum atomic E-state index is 0.00588. The summed E-state index contributed by atoms with van der Waals surface area (Å²) in [5.41, 5.74) is 0. The van der Waals surface area contributed by atoms with E-state index in [1.165, 1.54) is 37.3 Å². The van der Waals surface area contributed by atoms with E-state index in [4.69, 9.17) is 11.6 Å². The molecule has 3 saturated heterocycles. The van der Waals surface area contributed by atoms with Crippen LogP contribution in [0.15, 0.2) is 10.5 Å². The standard InChI is InChI=1S/C12H14BrClN2OS/c13-8-5-10(18-11(8)14)12(17)15-9-6-16-3-1-7(9)2-4-16/h5,7,9H,1-4,6H2,(H,15,17). The molecule has 0 aliphatic carbocycles. The van der Waals surface area contributed by atoms with Crippen LogP contribution in [0.25, 0.3) is 0 Å². The normalized spacial score (nSPS) is 30.4. The third kappa shape index (κ3) is 2.46. The molecule has 0 radical (unpaired) electrons. The van der Waals surface area contributed by atoms with E-state index in [1.54, 1.807) is 6.07 Å². The van der Waals surface area contributed by atoms with Gasteiger partial charge in [-0.2, -0.15) is 0 Å². The number of nitrogens with zero attached hydrogens (tertiary/aromatic N) is 1. The number of hydrogen-bond donors (Lipinski definition) is 1. The maximum absolute atomic E-state index is 12.2. The van der Waals surface area contributed by atoms with Crippen molar-refractivity contribution in [3.05, 3.63) is 19.8 Å². The van der Waals surface area contributed by atoms with Crippen molar-refractivity contribution in [2.45, 2.75) is 18.9 Å². The Morgan fingerprint density at radius 3 is 2.72 bits per heavy atom. The first-order valence-electron chi connectivity index (χ1n) is 6.11. The zero-order valence-electron chi connectivity index (χ0n) is 9.79. The molecule has 6 heteroatoms. The zero-order chi connectivity index (χ0) is 12.7. The molecular formula is C12H14BrClN2OS. The fraction of sp³-hybridized carbons (Fsp3) is 0.583. The highest BCUT2D eigenvalue weighted by Gasteiger charge is 2.35. The van der Waals surface area contributed by atoms with Crippen molar-refractivity contribution in [2.75, 3.05) is 19.6 Å². The number of nitrogens with one attached hydrogen (secondary N) is 1. The molecule has 1 aromatic rings. The van der Waals surface area contributed by atoms with Gasteiger partial charge in [-0.25, -0.2) is 0 Å². The maximum atomic E-state index is 12.2. The summed E-state index contributed by atoms with van der Waals surface area (Å²) in [7, 11) is 0. The third-order valence-corrected chi connectivity index (χ3v) is 6.32. The molecule has 3 nitrogen and oxygen atoms in total. The SMILES string of the molecule is O=C(NC1CN2CCC1CC2)c1cc(Br)c(Cl)s1. The van der Waals surface area contributed by atoms with Crippen LogP contribution in [0.2, 0.25) is 4.34 Å². The van der Waals surface area contributed by atoms with Crippen LogP contribution >= 0.6 is 38.9 Å². The molecule has 18 heavy (non-hydrogen) atoms. The molecule has 1 N–H and O–H groups in total. The molecule has 3 fully saturated rings. The summed E-state index contributed by atoms with van der Waals surface area (Å²) in [6.45, 7) is 3.37.